The number of halogens is 6. The number of alkyl halides is 6. The first-order valence-corrected chi connectivity index (χ1v) is 2.40. The maximum atomic E-state index is 11.3. The van der Waals surface area contributed by atoms with E-state index >= 15 is 0 Å². The highest BCUT2D eigenvalue weighted by Crippen LogP contribution is 2.18. The first-order chi connectivity index (χ1) is 5.13. The zero-order chi connectivity index (χ0) is 9.99. The van der Waals surface area contributed by atoms with Crippen LogP contribution in [0.25, 0.3) is 0 Å². The molecule has 1 N–H and O–H groups in total. The summed E-state index contributed by atoms with van der Waals surface area (Å²) in [6, 6.07) is 0. The maximum absolute atomic E-state index is 11.3. The van der Waals surface area contributed by atoms with Crippen molar-refractivity contribution in [3.05, 3.63) is 0 Å². The molecule has 0 fully saturated rings. The monoisotopic (exact) mass is 192 g/mol. The van der Waals surface area contributed by atoms with E-state index < -0.39 is 24.4 Å². The van der Waals surface area contributed by atoms with Crippen LogP contribution in [0.1, 0.15) is 0 Å². The van der Waals surface area contributed by atoms with Gasteiger partial charge in [-0.05, 0) is 0 Å². The summed E-state index contributed by atoms with van der Waals surface area (Å²) in [5, 5.41) is 6.00. The molecule has 0 aromatic carbocycles. The van der Waals surface area contributed by atoms with E-state index in [0.717, 1.165) is 0 Å². The number of nitrogens with zero attached hydrogens (tertiary/aromatic N) is 1. The summed E-state index contributed by atoms with van der Waals surface area (Å²) in [5.41, 5.74) is 0. The van der Waals surface area contributed by atoms with E-state index in [4.69, 9.17) is 5.41 Å². The van der Waals surface area contributed by atoms with Gasteiger partial charge in [-0.25, -0.2) is 4.99 Å². The van der Waals surface area contributed by atoms with E-state index in [1.165, 1.54) is 0 Å². The molecule has 70 valence electrons. The zero-order valence-electron chi connectivity index (χ0n) is 5.29. The molecular formula is C4H2F6N2. The molecule has 0 rings (SSSR count). The van der Waals surface area contributed by atoms with Crippen LogP contribution in [0.15, 0.2) is 4.99 Å². The molecular weight excluding hydrogens is 190 g/mol. The topological polar surface area (TPSA) is 36.2 Å². The molecule has 0 aromatic heterocycles. The van der Waals surface area contributed by atoms with Gasteiger partial charge in [0.25, 0.3) is 0 Å². The van der Waals surface area contributed by atoms with Gasteiger partial charge < -0.3 is 0 Å². The molecule has 0 amide bonds. The average Bonchev–Trinajstić information content (AvgIpc) is 1.78. The Morgan fingerprint density at radius 1 is 1.08 bits per heavy atom. The lowest BCUT2D eigenvalue weighted by molar-refractivity contribution is -0.0616. The Bertz CT molecular complexity index is 199. The number of aliphatic imine (C=N–C) groups is 1. The van der Waals surface area contributed by atoms with Gasteiger partial charge in [0.05, 0.1) is 0 Å². The van der Waals surface area contributed by atoms with Gasteiger partial charge in [0.2, 0.25) is 5.84 Å². The van der Waals surface area contributed by atoms with Crippen LogP contribution in [0.3, 0.4) is 0 Å². The smallest absolute Gasteiger partial charge is 0.279 e. The van der Waals surface area contributed by atoms with Gasteiger partial charge >= 0.3 is 12.4 Å². The van der Waals surface area contributed by atoms with Gasteiger partial charge in [0.15, 0.2) is 0 Å². The highest BCUT2D eigenvalue weighted by Gasteiger charge is 2.35. The summed E-state index contributed by atoms with van der Waals surface area (Å²) >= 11 is 0. The van der Waals surface area contributed by atoms with Crippen molar-refractivity contribution in [1.82, 2.24) is 0 Å². The van der Waals surface area contributed by atoms with Crippen LogP contribution in [0.5, 0.6) is 0 Å². The highest BCUT2D eigenvalue weighted by molar-refractivity contribution is 5.92. The van der Waals surface area contributed by atoms with E-state index in [9.17, 15) is 26.3 Å². The van der Waals surface area contributed by atoms with Crippen molar-refractivity contribution in [2.45, 2.75) is 12.4 Å². The molecule has 0 atom stereocenters. The molecule has 0 spiro atoms. The van der Waals surface area contributed by atoms with E-state index in [1.807, 2.05) is 4.99 Å². The number of amidine groups is 1. The lowest BCUT2D eigenvalue weighted by atomic mass is 10.6. The molecule has 0 aromatic rings. The normalized spacial score (nSPS) is 13.8. The highest BCUT2D eigenvalue weighted by atomic mass is 19.4. The van der Waals surface area contributed by atoms with Crippen LogP contribution < -0.4 is 0 Å². The number of hydrogen-bond acceptors (Lipinski definition) is 1. The van der Waals surface area contributed by atoms with Crippen molar-refractivity contribution in [3.63, 3.8) is 0 Å². The van der Waals surface area contributed by atoms with Gasteiger partial charge in [-0.1, -0.05) is 0 Å². The summed E-state index contributed by atoms with van der Waals surface area (Å²) in [6.07, 6.45) is -11.0. The van der Waals surface area contributed by atoms with Crippen molar-refractivity contribution >= 4 is 12.1 Å². The fourth-order valence-corrected chi connectivity index (χ4v) is 0.211. The van der Waals surface area contributed by atoms with Gasteiger partial charge in [-0.3, -0.25) is 5.41 Å². The summed E-state index contributed by atoms with van der Waals surface area (Å²) in [7, 11) is 0. The third kappa shape index (κ3) is 4.69. The number of nitrogens with one attached hydrogen (secondary N) is 1. The van der Waals surface area contributed by atoms with Crippen LogP contribution in [0, 0.1) is 5.41 Å². The first-order valence-electron chi connectivity index (χ1n) is 2.40. The molecule has 0 heterocycles. The minimum Gasteiger partial charge on any atom is -0.279 e. The molecule has 0 radical (unpaired) electrons. The Labute approximate surface area is 62.4 Å². The largest absolute Gasteiger partial charge is 0.450 e. The molecule has 0 aliphatic rings. The molecule has 8 heteroatoms. The van der Waals surface area contributed by atoms with E-state index in [1.54, 1.807) is 0 Å². The van der Waals surface area contributed by atoms with Crippen molar-refractivity contribution in [1.29, 1.82) is 5.41 Å². The second kappa shape index (κ2) is 3.11. The third-order valence-electron chi connectivity index (χ3n) is 0.609. The van der Waals surface area contributed by atoms with Crippen LogP contribution in [-0.4, -0.2) is 24.4 Å². The third-order valence-corrected chi connectivity index (χ3v) is 0.609. The quantitative estimate of drug-likeness (QED) is 0.347. The summed E-state index contributed by atoms with van der Waals surface area (Å²) in [5.74, 6) is -2.28. The standard InChI is InChI=1S/C4H2F6N2/c5-3(6,7)1-12-2(11)4(8,9)10/h1,11H/b11-2?,12-1+. The molecule has 12 heavy (non-hydrogen) atoms. The van der Waals surface area contributed by atoms with Gasteiger partial charge in [-0.2, -0.15) is 26.3 Å². The van der Waals surface area contributed by atoms with Crippen LogP contribution in [-0.2, 0) is 0 Å². The second-order valence-electron chi connectivity index (χ2n) is 1.65. The Kier molecular flexibility index (Phi) is 2.83. The Morgan fingerprint density at radius 3 is 1.75 bits per heavy atom. The molecule has 0 bridgehead atoms. The zero-order valence-corrected chi connectivity index (χ0v) is 5.29. The number of rotatable bonds is 0. The second-order valence-corrected chi connectivity index (χ2v) is 1.65. The maximum Gasteiger partial charge on any atom is 0.450 e. The van der Waals surface area contributed by atoms with Crippen molar-refractivity contribution < 1.29 is 26.3 Å². The summed E-state index contributed by atoms with van der Waals surface area (Å²) in [4.78, 5) is 1.88. The van der Waals surface area contributed by atoms with Crippen molar-refractivity contribution in [3.8, 4) is 0 Å². The molecule has 0 saturated carbocycles. The Morgan fingerprint density at radius 2 is 1.50 bits per heavy atom. The van der Waals surface area contributed by atoms with Gasteiger partial charge in [0.1, 0.15) is 6.21 Å². The first kappa shape index (κ1) is 10.9. The van der Waals surface area contributed by atoms with E-state index in [0.29, 0.717) is 0 Å². The van der Waals surface area contributed by atoms with E-state index in [-0.39, 0.29) is 0 Å². The summed E-state index contributed by atoms with van der Waals surface area (Å²) < 4.78 is 67.5. The predicted molar refractivity (Wildman–Crippen MR) is 28.3 cm³/mol. The molecule has 0 aliphatic heterocycles. The van der Waals surface area contributed by atoms with Gasteiger partial charge in [-0.15, -0.1) is 0 Å². The minimum absolute atomic E-state index is 0.886. The molecule has 0 unspecified atom stereocenters. The predicted octanol–water partition coefficient (Wildman–Crippen LogP) is 2.16. The fraction of sp³-hybridized carbons (Fsp3) is 0.500. The number of hydrogen-bond donors (Lipinski definition) is 1. The molecule has 0 saturated heterocycles. The molecule has 2 nitrogen and oxygen atoms in total. The van der Waals surface area contributed by atoms with E-state index in [2.05, 4.69) is 0 Å². The Balaban J connectivity index is 4.30. The lowest BCUT2D eigenvalue weighted by Gasteiger charge is -2.02. The molecule has 0 aliphatic carbocycles. The average molecular weight is 192 g/mol. The lowest BCUT2D eigenvalue weighted by Crippen LogP contribution is -2.21. The van der Waals surface area contributed by atoms with Crippen molar-refractivity contribution in [2.24, 2.45) is 4.99 Å². The van der Waals surface area contributed by atoms with Crippen molar-refractivity contribution in [2.75, 3.05) is 0 Å². The minimum atomic E-state index is -5.14. The fourth-order valence-electron chi connectivity index (χ4n) is 0.211. The summed E-state index contributed by atoms with van der Waals surface area (Å²) in [6.45, 7) is 0. The van der Waals surface area contributed by atoms with Crippen LogP contribution in [0.4, 0.5) is 26.3 Å². The Hall–Kier alpha value is -1.08. The SMILES string of the molecule is N=C(/N=C/C(F)(F)F)C(F)(F)F. The van der Waals surface area contributed by atoms with Crippen LogP contribution in [0.2, 0.25) is 0 Å². The van der Waals surface area contributed by atoms with Gasteiger partial charge in [0, 0.05) is 0 Å². The van der Waals surface area contributed by atoms with Crippen LogP contribution >= 0.6 is 0 Å².